The van der Waals surface area contributed by atoms with Crippen LogP contribution in [0.5, 0.6) is 5.75 Å². The normalized spacial score (nSPS) is 11.8. The lowest BCUT2D eigenvalue weighted by molar-refractivity contribution is -0.141. The first-order chi connectivity index (χ1) is 11.2. The summed E-state index contributed by atoms with van der Waals surface area (Å²) in [6, 6.07) is 3.55. The van der Waals surface area contributed by atoms with Gasteiger partial charge in [-0.05, 0) is 35.9 Å². The molecule has 2 aromatic rings. The Kier molecular flexibility index (Phi) is 4.96. The van der Waals surface area contributed by atoms with E-state index in [0.29, 0.717) is 6.07 Å². The maximum absolute atomic E-state index is 13.5. The van der Waals surface area contributed by atoms with Gasteiger partial charge in [-0.15, -0.1) is 0 Å². The topological polar surface area (TPSA) is 39.2 Å². The van der Waals surface area contributed by atoms with Crippen molar-refractivity contribution in [3.63, 3.8) is 0 Å². The van der Waals surface area contributed by atoms with Crippen molar-refractivity contribution in [1.82, 2.24) is 4.98 Å². The summed E-state index contributed by atoms with van der Waals surface area (Å²) in [5.74, 6) is -3.10. The van der Waals surface area contributed by atoms with Crippen LogP contribution in [-0.2, 0) is 6.18 Å². The van der Waals surface area contributed by atoms with Crippen LogP contribution in [0.2, 0.25) is 0 Å². The van der Waals surface area contributed by atoms with Gasteiger partial charge >= 0.3 is 6.18 Å². The summed E-state index contributed by atoms with van der Waals surface area (Å²) in [6.45, 7) is 0. The van der Waals surface area contributed by atoms with E-state index < -0.39 is 35.0 Å². The van der Waals surface area contributed by atoms with E-state index in [1.165, 1.54) is 0 Å². The van der Waals surface area contributed by atoms with Crippen molar-refractivity contribution in [3.05, 3.63) is 65.0 Å². The molecule has 0 unspecified atom stereocenters. The van der Waals surface area contributed by atoms with Crippen LogP contribution >= 0.6 is 0 Å². The Hall–Kier alpha value is -2.77. The number of hydrogen-bond acceptors (Lipinski definition) is 3. The zero-order valence-corrected chi connectivity index (χ0v) is 12.2. The zero-order valence-electron chi connectivity index (χ0n) is 12.2. The van der Waals surface area contributed by atoms with E-state index in [1.807, 2.05) is 0 Å². The van der Waals surface area contributed by atoms with Gasteiger partial charge in [-0.3, -0.25) is 9.78 Å². The average Bonchev–Trinajstić information content (AvgIpc) is 2.51. The van der Waals surface area contributed by atoms with E-state index in [9.17, 15) is 26.7 Å². The Morgan fingerprint density at radius 3 is 2.25 bits per heavy atom. The van der Waals surface area contributed by atoms with E-state index in [1.54, 1.807) is 0 Å². The fourth-order valence-corrected chi connectivity index (χ4v) is 1.85. The maximum Gasteiger partial charge on any atom is 0.433 e. The number of aromatic nitrogens is 1. The monoisotopic (exact) mass is 343 g/mol. The first-order valence-corrected chi connectivity index (χ1v) is 6.51. The molecule has 0 spiro atoms. The molecule has 3 nitrogen and oxygen atoms in total. The molecule has 1 heterocycles. The molecule has 0 fully saturated rings. The lowest BCUT2D eigenvalue weighted by Crippen LogP contribution is -2.08. The lowest BCUT2D eigenvalue weighted by Gasteiger charge is -2.05. The molecule has 0 N–H and O–H groups in total. The summed E-state index contributed by atoms with van der Waals surface area (Å²) in [7, 11) is 1.11. The summed E-state index contributed by atoms with van der Waals surface area (Å²) < 4.78 is 68.7. The first kappa shape index (κ1) is 17.6. The molecule has 0 amide bonds. The van der Waals surface area contributed by atoms with Crippen LogP contribution in [0.3, 0.4) is 0 Å². The predicted octanol–water partition coefficient (Wildman–Crippen LogP) is 4.28. The number of alkyl halides is 3. The highest BCUT2D eigenvalue weighted by Crippen LogP contribution is 2.27. The van der Waals surface area contributed by atoms with Gasteiger partial charge in [-0.1, -0.05) is 6.08 Å². The lowest BCUT2D eigenvalue weighted by atomic mass is 10.1. The van der Waals surface area contributed by atoms with Crippen molar-refractivity contribution >= 4 is 11.9 Å². The second-order valence-corrected chi connectivity index (χ2v) is 4.65. The van der Waals surface area contributed by atoms with Crippen molar-refractivity contribution in [3.8, 4) is 5.75 Å². The van der Waals surface area contributed by atoms with Crippen LogP contribution in [0, 0.1) is 11.6 Å². The number of carbonyl (C=O) groups is 1. The number of ketones is 1. The summed E-state index contributed by atoms with van der Waals surface area (Å²) in [5, 5.41) is 0. The van der Waals surface area contributed by atoms with Gasteiger partial charge in [0.15, 0.2) is 23.2 Å². The Bertz CT molecular complexity index is 759. The molecule has 0 bridgehead atoms. The fourth-order valence-electron chi connectivity index (χ4n) is 1.85. The molecule has 0 radical (unpaired) electrons. The van der Waals surface area contributed by atoms with E-state index >= 15 is 0 Å². The summed E-state index contributed by atoms with van der Waals surface area (Å²) in [6.07, 6.45) is -1.71. The van der Waals surface area contributed by atoms with Crippen LogP contribution in [0.4, 0.5) is 22.0 Å². The van der Waals surface area contributed by atoms with Gasteiger partial charge in [0.1, 0.15) is 5.69 Å². The van der Waals surface area contributed by atoms with Gasteiger partial charge in [-0.2, -0.15) is 13.2 Å². The third kappa shape index (κ3) is 3.95. The second kappa shape index (κ2) is 6.77. The summed E-state index contributed by atoms with van der Waals surface area (Å²) in [4.78, 5) is 15.0. The van der Waals surface area contributed by atoms with E-state index in [4.69, 9.17) is 0 Å². The molecule has 8 heteroatoms. The van der Waals surface area contributed by atoms with Crippen LogP contribution in [-0.4, -0.2) is 17.9 Å². The van der Waals surface area contributed by atoms with Crippen molar-refractivity contribution in [2.24, 2.45) is 0 Å². The van der Waals surface area contributed by atoms with Gasteiger partial charge in [-0.25, -0.2) is 8.78 Å². The highest BCUT2D eigenvalue weighted by Gasteiger charge is 2.32. The van der Waals surface area contributed by atoms with Crippen LogP contribution in [0.25, 0.3) is 6.08 Å². The van der Waals surface area contributed by atoms with Crippen molar-refractivity contribution in [1.29, 1.82) is 0 Å². The average molecular weight is 343 g/mol. The number of carbonyl (C=O) groups excluding carboxylic acids is 1. The molecule has 126 valence electrons. The molecule has 0 atom stereocenters. The number of nitrogens with zero attached hydrogens (tertiary/aromatic N) is 1. The number of rotatable bonds is 4. The van der Waals surface area contributed by atoms with Crippen molar-refractivity contribution in [2.75, 3.05) is 7.11 Å². The number of hydrogen-bond donors (Lipinski definition) is 0. The third-order valence-electron chi connectivity index (χ3n) is 2.99. The second-order valence-electron chi connectivity index (χ2n) is 4.65. The molecule has 24 heavy (non-hydrogen) atoms. The summed E-state index contributed by atoms with van der Waals surface area (Å²) in [5.41, 5.74) is -1.16. The van der Waals surface area contributed by atoms with E-state index in [0.717, 1.165) is 43.7 Å². The summed E-state index contributed by atoms with van der Waals surface area (Å²) >= 11 is 0. The van der Waals surface area contributed by atoms with Gasteiger partial charge in [0.25, 0.3) is 0 Å². The Morgan fingerprint density at radius 1 is 1.17 bits per heavy atom. The predicted molar refractivity (Wildman–Crippen MR) is 75.5 cm³/mol. The van der Waals surface area contributed by atoms with E-state index in [2.05, 4.69) is 9.72 Å². The molecule has 1 aromatic carbocycles. The number of halogens is 5. The Balaban J connectivity index is 2.19. The molecule has 1 aromatic heterocycles. The molecule has 2 rings (SSSR count). The minimum absolute atomic E-state index is 0.0546. The highest BCUT2D eigenvalue weighted by atomic mass is 19.4. The van der Waals surface area contributed by atoms with Crippen LogP contribution < -0.4 is 4.74 Å². The van der Waals surface area contributed by atoms with Gasteiger partial charge < -0.3 is 4.74 Å². The Labute approximate surface area is 133 Å². The number of allylic oxidation sites excluding steroid dienone is 1. The smallest absolute Gasteiger partial charge is 0.433 e. The minimum atomic E-state index is -4.60. The van der Waals surface area contributed by atoms with Gasteiger partial charge in [0, 0.05) is 11.8 Å². The van der Waals surface area contributed by atoms with Gasteiger partial charge in [0.05, 0.1) is 7.11 Å². The molecule has 0 saturated heterocycles. The standard InChI is InChI=1S/C16H10F5NO2/c1-24-15-11(17)6-9(7-12(15)18)2-4-13(23)10-3-5-14(22-8-10)16(19,20)21/h2-8H,1H3. The van der Waals surface area contributed by atoms with Crippen LogP contribution in [0.15, 0.2) is 36.5 Å². The Morgan fingerprint density at radius 2 is 1.79 bits per heavy atom. The fraction of sp³-hybridized carbons (Fsp3) is 0.125. The van der Waals surface area contributed by atoms with Crippen molar-refractivity contribution in [2.45, 2.75) is 6.18 Å². The first-order valence-electron chi connectivity index (χ1n) is 6.51. The van der Waals surface area contributed by atoms with Crippen molar-refractivity contribution < 1.29 is 31.5 Å². The minimum Gasteiger partial charge on any atom is -0.491 e. The quantitative estimate of drug-likeness (QED) is 0.472. The zero-order chi connectivity index (χ0) is 17.9. The van der Waals surface area contributed by atoms with E-state index in [-0.39, 0.29) is 11.1 Å². The number of pyridine rings is 1. The molecule has 0 aliphatic carbocycles. The number of benzene rings is 1. The van der Waals surface area contributed by atoms with Crippen LogP contribution in [0.1, 0.15) is 21.6 Å². The largest absolute Gasteiger partial charge is 0.491 e. The molecule has 0 aliphatic heterocycles. The third-order valence-corrected chi connectivity index (χ3v) is 2.99. The van der Waals surface area contributed by atoms with Gasteiger partial charge in [0.2, 0.25) is 0 Å². The maximum atomic E-state index is 13.5. The molecule has 0 saturated carbocycles. The number of ether oxygens (including phenoxy) is 1. The SMILES string of the molecule is COc1c(F)cc(C=CC(=O)c2ccc(C(F)(F)F)nc2)cc1F. The molecule has 0 aliphatic rings. The molecular weight excluding hydrogens is 333 g/mol. The number of methoxy groups -OCH3 is 1. The highest BCUT2D eigenvalue weighted by molar-refractivity contribution is 6.06. The molecular formula is C16H10F5NO2.